The molecule has 0 bridgehead atoms. The van der Waals surface area contributed by atoms with Crippen molar-refractivity contribution in [3.8, 4) is 0 Å². The number of halogens is 3. The summed E-state index contributed by atoms with van der Waals surface area (Å²) in [5.74, 6) is 0. The van der Waals surface area contributed by atoms with E-state index >= 15 is 0 Å². The Morgan fingerprint density at radius 3 is 2.72 bits per heavy atom. The third kappa shape index (κ3) is 3.03. The molecule has 5 heteroatoms. The van der Waals surface area contributed by atoms with Gasteiger partial charge in [0.05, 0.1) is 11.7 Å². The Bertz CT molecular complexity index is 405. The van der Waals surface area contributed by atoms with Gasteiger partial charge >= 0.3 is 6.18 Å². The van der Waals surface area contributed by atoms with Crippen LogP contribution < -0.4 is 5.32 Å². The van der Waals surface area contributed by atoms with E-state index in [1.165, 1.54) is 12.1 Å². The minimum absolute atomic E-state index is 0.214. The molecule has 100 valence electrons. The molecule has 0 saturated carbocycles. The minimum atomic E-state index is -4.34. The van der Waals surface area contributed by atoms with Crippen LogP contribution in [0.15, 0.2) is 24.3 Å². The monoisotopic (exact) mass is 259 g/mol. The highest BCUT2D eigenvalue weighted by Gasteiger charge is 2.35. The molecule has 1 N–H and O–H groups in total. The maximum Gasteiger partial charge on any atom is 0.416 e. The first kappa shape index (κ1) is 13.4. The van der Waals surface area contributed by atoms with Crippen LogP contribution >= 0.6 is 0 Å². The lowest BCUT2D eigenvalue weighted by Crippen LogP contribution is -2.28. The van der Waals surface area contributed by atoms with Crippen molar-refractivity contribution in [1.29, 1.82) is 0 Å². The normalized spacial score (nSPS) is 25.8. The zero-order valence-corrected chi connectivity index (χ0v) is 10.1. The van der Waals surface area contributed by atoms with Crippen LogP contribution in [-0.4, -0.2) is 19.2 Å². The molecule has 1 heterocycles. The van der Waals surface area contributed by atoms with Gasteiger partial charge in [0, 0.05) is 19.2 Å². The van der Waals surface area contributed by atoms with Gasteiger partial charge in [0.25, 0.3) is 0 Å². The number of ether oxygens (including phenoxy) is 1. The Labute approximate surface area is 104 Å². The topological polar surface area (TPSA) is 21.3 Å². The van der Waals surface area contributed by atoms with Gasteiger partial charge in [-0.25, -0.2) is 0 Å². The van der Waals surface area contributed by atoms with E-state index in [-0.39, 0.29) is 11.6 Å². The lowest BCUT2D eigenvalue weighted by atomic mass is 10.0. The molecule has 1 saturated heterocycles. The molecular weight excluding hydrogens is 243 g/mol. The molecule has 0 amide bonds. The second-order valence-corrected chi connectivity index (χ2v) is 4.54. The molecule has 1 aromatic carbocycles. The van der Waals surface area contributed by atoms with Crippen molar-refractivity contribution in [2.45, 2.75) is 31.7 Å². The molecule has 0 radical (unpaired) electrons. The van der Waals surface area contributed by atoms with Crippen molar-refractivity contribution < 1.29 is 17.9 Å². The van der Waals surface area contributed by atoms with Gasteiger partial charge in [-0.2, -0.15) is 13.2 Å². The van der Waals surface area contributed by atoms with Gasteiger partial charge in [0.15, 0.2) is 0 Å². The first-order valence-corrected chi connectivity index (χ1v) is 5.99. The molecular formula is C13H16F3NO. The average molecular weight is 259 g/mol. The molecule has 1 aliphatic rings. The molecule has 1 aliphatic heterocycles. The minimum Gasteiger partial charge on any atom is -0.372 e. The lowest BCUT2D eigenvalue weighted by Gasteiger charge is -2.20. The predicted octanol–water partition coefficient (Wildman–Crippen LogP) is 3.14. The van der Waals surface area contributed by atoms with Crippen LogP contribution in [-0.2, 0) is 10.9 Å². The van der Waals surface area contributed by atoms with Crippen molar-refractivity contribution in [2.24, 2.45) is 0 Å². The Balaban J connectivity index is 2.27. The van der Waals surface area contributed by atoms with E-state index in [9.17, 15) is 13.2 Å². The van der Waals surface area contributed by atoms with Gasteiger partial charge in [0.1, 0.15) is 0 Å². The third-order valence-corrected chi connectivity index (χ3v) is 3.13. The Hall–Kier alpha value is -1.07. The molecule has 18 heavy (non-hydrogen) atoms. The number of rotatable bonds is 1. The highest BCUT2D eigenvalue weighted by Crippen LogP contribution is 2.35. The van der Waals surface area contributed by atoms with Gasteiger partial charge in [-0.15, -0.1) is 0 Å². The summed E-state index contributed by atoms with van der Waals surface area (Å²) in [7, 11) is 0. The number of benzene rings is 1. The zero-order chi connectivity index (χ0) is 13.2. The average Bonchev–Trinajstić information content (AvgIpc) is 2.53. The van der Waals surface area contributed by atoms with E-state index in [1.807, 2.05) is 6.92 Å². The third-order valence-electron chi connectivity index (χ3n) is 3.13. The molecule has 0 spiro atoms. The SMILES string of the molecule is CC1CCOC(c2ccccc2C(F)(F)F)CN1. The summed E-state index contributed by atoms with van der Waals surface area (Å²) in [5.41, 5.74) is -0.391. The maximum atomic E-state index is 12.9. The molecule has 1 aromatic rings. The van der Waals surface area contributed by atoms with Crippen molar-refractivity contribution in [2.75, 3.05) is 13.2 Å². The molecule has 2 unspecified atom stereocenters. The van der Waals surface area contributed by atoms with Crippen molar-refractivity contribution in [3.63, 3.8) is 0 Å². The predicted molar refractivity (Wildman–Crippen MR) is 62.2 cm³/mol. The summed E-state index contributed by atoms with van der Waals surface area (Å²) in [6.45, 7) is 2.89. The Kier molecular flexibility index (Phi) is 3.92. The first-order chi connectivity index (χ1) is 8.48. The highest BCUT2D eigenvalue weighted by molar-refractivity contribution is 5.32. The van der Waals surface area contributed by atoms with Crippen LogP contribution in [0.25, 0.3) is 0 Å². The fraction of sp³-hybridized carbons (Fsp3) is 0.538. The largest absolute Gasteiger partial charge is 0.416 e. The summed E-state index contributed by atoms with van der Waals surface area (Å²) in [6.07, 6.45) is -4.06. The summed E-state index contributed by atoms with van der Waals surface area (Å²) in [6, 6.07) is 5.88. The zero-order valence-electron chi connectivity index (χ0n) is 10.1. The molecule has 0 aliphatic carbocycles. The van der Waals surface area contributed by atoms with Gasteiger partial charge in [0.2, 0.25) is 0 Å². The van der Waals surface area contributed by atoms with Crippen LogP contribution in [0.4, 0.5) is 13.2 Å². The first-order valence-electron chi connectivity index (χ1n) is 5.99. The second kappa shape index (κ2) is 5.28. The van der Waals surface area contributed by atoms with Crippen LogP contribution in [0.5, 0.6) is 0 Å². The van der Waals surface area contributed by atoms with E-state index < -0.39 is 17.8 Å². The van der Waals surface area contributed by atoms with Crippen LogP contribution in [0.2, 0.25) is 0 Å². The van der Waals surface area contributed by atoms with Crippen molar-refractivity contribution in [3.05, 3.63) is 35.4 Å². The van der Waals surface area contributed by atoms with Gasteiger partial charge < -0.3 is 10.1 Å². The van der Waals surface area contributed by atoms with Crippen LogP contribution in [0.3, 0.4) is 0 Å². The van der Waals surface area contributed by atoms with E-state index in [0.29, 0.717) is 13.2 Å². The Morgan fingerprint density at radius 2 is 2.00 bits per heavy atom. The van der Waals surface area contributed by atoms with Gasteiger partial charge in [-0.05, 0) is 25.0 Å². The van der Waals surface area contributed by atoms with E-state index in [2.05, 4.69) is 5.32 Å². The molecule has 2 rings (SSSR count). The van der Waals surface area contributed by atoms with E-state index in [0.717, 1.165) is 12.5 Å². The Morgan fingerprint density at radius 1 is 1.28 bits per heavy atom. The molecule has 0 aromatic heterocycles. The molecule has 1 fully saturated rings. The second-order valence-electron chi connectivity index (χ2n) is 4.54. The standard InChI is InChI=1S/C13H16F3NO/c1-9-6-7-18-12(8-17-9)10-4-2-3-5-11(10)13(14,15)16/h2-5,9,12,17H,6-8H2,1H3. The van der Waals surface area contributed by atoms with Crippen LogP contribution in [0.1, 0.15) is 30.6 Å². The summed E-state index contributed by atoms with van der Waals surface area (Å²) >= 11 is 0. The summed E-state index contributed by atoms with van der Waals surface area (Å²) in [5, 5.41) is 3.18. The maximum absolute atomic E-state index is 12.9. The van der Waals surface area contributed by atoms with Crippen LogP contribution in [0, 0.1) is 0 Å². The summed E-state index contributed by atoms with van der Waals surface area (Å²) < 4.78 is 44.2. The molecule has 2 nitrogen and oxygen atoms in total. The van der Waals surface area contributed by atoms with Crippen molar-refractivity contribution >= 4 is 0 Å². The quantitative estimate of drug-likeness (QED) is 0.836. The fourth-order valence-corrected chi connectivity index (χ4v) is 2.09. The van der Waals surface area contributed by atoms with E-state index in [4.69, 9.17) is 4.74 Å². The summed E-state index contributed by atoms with van der Waals surface area (Å²) in [4.78, 5) is 0. The highest BCUT2D eigenvalue weighted by atomic mass is 19.4. The number of alkyl halides is 3. The van der Waals surface area contributed by atoms with Gasteiger partial charge in [-0.3, -0.25) is 0 Å². The van der Waals surface area contributed by atoms with Gasteiger partial charge in [-0.1, -0.05) is 18.2 Å². The smallest absolute Gasteiger partial charge is 0.372 e. The number of nitrogens with one attached hydrogen (secondary N) is 1. The van der Waals surface area contributed by atoms with E-state index in [1.54, 1.807) is 6.07 Å². The molecule has 2 atom stereocenters. The fourth-order valence-electron chi connectivity index (χ4n) is 2.09. The number of hydrogen-bond donors (Lipinski definition) is 1. The van der Waals surface area contributed by atoms with Crippen molar-refractivity contribution in [1.82, 2.24) is 5.32 Å². The number of hydrogen-bond acceptors (Lipinski definition) is 2. The lowest BCUT2D eigenvalue weighted by molar-refractivity contribution is -0.139.